The number of alkyl halides is 1. The second-order valence-corrected chi connectivity index (χ2v) is 5.94. The smallest absolute Gasteiger partial charge is 0.219 e. The summed E-state index contributed by atoms with van der Waals surface area (Å²) >= 11 is 6.84. The van der Waals surface area contributed by atoms with Gasteiger partial charge < -0.3 is 4.90 Å². The van der Waals surface area contributed by atoms with E-state index in [0.29, 0.717) is 21.9 Å². The van der Waals surface area contributed by atoms with Crippen molar-refractivity contribution in [1.29, 1.82) is 0 Å². The van der Waals surface area contributed by atoms with Gasteiger partial charge in [-0.1, -0.05) is 22.6 Å². The molecule has 1 amide bonds. The fourth-order valence-electron chi connectivity index (χ4n) is 2.40. The lowest BCUT2D eigenvalue weighted by molar-refractivity contribution is -0.135. The first-order valence-electron chi connectivity index (χ1n) is 5.02. The summed E-state index contributed by atoms with van der Waals surface area (Å²) in [6.07, 6.45) is 1.08. The maximum Gasteiger partial charge on any atom is 0.219 e. The van der Waals surface area contributed by atoms with E-state index in [1.165, 1.54) is 0 Å². The van der Waals surface area contributed by atoms with E-state index in [2.05, 4.69) is 49.1 Å². The zero-order valence-corrected chi connectivity index (χ0v) is 12.0. The Bertz CT molecular complexity index is 224. The largest absolute Gasteiger partial charge is 0.336 e. The number of thiol groups is 1. The van der Waals surface area contributed by atoms with Crippen LogP contribution in [-0.2, 0) is 4.79 Å². The first-order chi connectivity index (χ1) is 6.49. The molecule has 1 fully saturated rings. The van der Waals surface area contributed by atoms with Gasteiger partial charge in [0.2, 0.25) is 5.91 Å². The van der Waals surface area contributed by atoms with Gasteiger partial charge in [0.25, 0.3) is 0 Å². The number of amides is 1. The van der Waals surface area contributed by atoms with Crippen LogP contribution in [0, 0.1) is 5.92 Å². The highest BCUT2D eigenvalue weighted by atomic mass is 127. The van der Waals surface area contributed by atoms with Crippen molar-refractivity contribution >= 4 is 41.1 Å². The van der Waals surface area contributed by atoms with Crippen LogP contribution in [-0.4, -0.2) is 32.6 Å². The molecule has 1 aliphatic rings. The summed E-state index contributed by atoms with van der Waals surface area (Å²) in [5, 5.41) is 0. The zero-order chi connectivity index (χ0) is 10.9. The molecule has 1 heterocycles. The van der Waals surface area contributed by atoms with Gasteiger partial charge in [-0.15, -0.1) is 0 Å². The Morgan fingerprint density at radius 3 is 2.57 bits per heavy atom. The summed E-state index contributed by atoms with van der Waals surface area (Å²) in [5.74, 6) is 1.76. The molecule has 1 rings (SSSR count). The first-order valence-corrected chi connectivity index (χ1v) is 6.90. The number of carbonyl (C=O) groups is 1. The van der Waals surface area contributed by atoms with Gasteiger partial charge in [0.05, 0.1) is 0 Å². The van der Waals surface area contributed by atoms with Gasteiger partial charge in [-0.3, -0.25) is 4.79 Å². The number of nitrogens with zero attached hydrogens (tertiary/aromatic N) is 1. The molecule has 4 unspecified atom stereocenters. The fourth-order valence-corrected chi connectivity index (χ4v) is 4.08. The number of hydrogen-bond donors (Lipinski definition) is 1. The maximum atomic E-state index is 11.5. The maximum absolute atomic E-state index is 11.5. The number of halogens is 1. The van der Waals surface area contributed by atoms with Gasteiger partial charge in [0.1, 0.15) is 0 Å². The molecule has 14 heavy (non-hydrogen) atoms. The monoisotopic (exact) mass is 327 g/mol. The second kappa shape index (κ2) is 5.05. The van der Waals surface area contributed by atoms with Gasteiger partial charge >= 0.3 is 0 Å². The SMILES string of the molecule is CC(=O)N1C(C)CC(CS)C(I)C1C. The molecule has 0 radical (unpaired) electrons. The van der Waals surface area contributed by atoms with Crippen LogP contribution in [0.2, 0.25) is 0 Å². The second-order valence-electron chi connectivity index (χ2n) is 4.14. The highest BCUT2D eigenvalue weighted by Crippen LogP contribution is 2.33. The highest BCUT2D eigenvalue weighted by molar-refractivity contribution is 14.1. The van der Waals surface area contributed by atoms with Gasteiger partial charge in [-0.2, -0.15) is 12.6 Å². The van der Waals surface area contributed by atoms with Crippen LogP contribution in [0.4, 0.5) is 0 Å². The Hall–Kier alpha value is 0.550. The lowest BCUT2D eigenvalue weighted by atomic mass is 9.88. The molecule has 0 aromatic rings. The molecule has 0 N–H and O–H groups in total. The van der Waals surface area contributed by atoms with E-state index < -0.39 is 0 Å². The predicted molar refractivity (Wildman–Crippen MR) is 71.2 cm³/mol. The van der Waals surface area contributed by atoms with Gasteiger partial charge in [0.15, 0.2) is 0 Å². The molecule has 4 heteroatoms. The van der Waals surface area contributed by atoms with Crippen molar-refractivity contribution in [1.82, 2.24) is 4.90 Å². The van der Waals surface area contributed by atoms with Crippen LogP contribution in [0.15, 0.2) is 0 Å². The van der Waals surface area contributed by atoms with E-state index >= 15 is 0 Å². The first kappa shape index (κ1) is 12.6. The molecule has 4 atom stereocenters. The number of likely N-dealkylation sites (tertiary alicyclic amines) is 1. The summed E-state index contributed by atoms with van der Waals surface area (Å²) in [6, 6.07) is 0.708. The average Bonchev–Trinajstić information content (AvgIpc) is 2.10. The average molecular weight is 327 g/mol. The molecule has 0 aliphatic carbocycles. The molecule has 2 nitrogen and oxygen atoms in total. The Balaban J connectivity index is 2.79. The normalized spacial score (nSPS) is 38.5. The molecule has 0 aromatic heterocycles. The third kappa shape index (κ3) is 2.38. The number of rotatable bonds is 1. The van der Waals surface area contributed by atoms with Crippen molar-refractivity contribution in [3.8, 4) is 0 Å². The highest BCUT2D eigenvalue weighted by Gasteiger charge is 2.38. The van der Waals surface area contributed by atoms with Crippen molar-refractivity contribution in [2.45, 2.75) is 43.2 Å². The quantitative estimate of drug-likeness (QED) is 0.445. The predicted octanol–water partition coefficient (Wildman–Crippen LogP) is 2.37. The Morgan fingerprint density at radius 2 is 2.14 bits per heavy atom. The van der Waals surface area contributed by atoms with Gasteiger partial charge in [-0.05, 0) is 31.9 Å². The fraction of sp³-hybridized carbons (Fsp3) is 0.900. The van der Waals surface area contributed by atoms with Crippen LogP contribution in [0.25, 0.3) is 0 Å². The van der Waals surface area contributed by atoms with E-state index in [4.69, 9.17) is 0 Å². The number of hydrogen-bond acceptors (Lipinski definition) is 2. The van der Waals surface area contributed by atoms with E-state index in [1.807, 2.05) is 4.90 Å². The van der Waals surface area contributed by atoms with Crippen molar-refractivity contribution in [2.24, 2.45) is 5.92 Å². The molecule has 1 saturated heterocycles. The summed E-state index contributed by atoms with van der Waals surface area (Å²) in [4.78, 5) is 13.5. The van der Waals surface area contributed by atoms with Crippen molar-refractivity contribution in [2.75, 3.05) is 5.75 Å². The van der Waals surface area contributed by atoms with Gasteiger partial charge in [-0.25, -0.2) is 0 Å². The van der Waals surface area contributed by atoms with E-state index in [1.54, 1.807) is 6.92 Å². The molecular weight excluding hydrogens is 309 g/mol. The molecule has 0 spiro atoms. The van der Waals surface area contributed by atoms with E-state index in [9.17, 15) is 4.79 Å². The van der Waals surface area contributed by atoms with E-state index in [0.717, 1.165) is 12.2 Å². The molecule has 82 valence electrons. The van der Waals surface area contributed by atoms with Crippen molar-refractivity contribution in [3.05, 3.63) is 0 Å². The van der Waals surface area contributed by atoms with Crippen molar-refractivity contribution < 1.29 is 4.79 Å². The molecular formula is C10H18INOS. The molecule has 0 aromatic carbocycles. The number of carbonyl (C=O) groups excluding carboxylic acids is 1. The van der Waals surface area contributed by atoms with Crippen LogP contribution in [0.3, 0.4) is 0 Å². The van der Waals surface area contributed by atoms with E-state index in [-0.39, 0.29) is 5.91 Å². The topological polar surface area (TPSA) is 20.3 Å². The Kier molecular flexibility index (Phi) is 4.56. The molecule has 1 aliphatic heterocycles. The standard InChI is InChI=1S/C10H18INOS/c1-6-4-9(5-14)10(11)7(2)12(6)8(3)13/h6-7,9-10,14H,4-5H2,1-3H3. The third-order valence-corrected chi connectivity index (χ3v) is 5.59. The Morgan fingerprint density at radius 1 is 1.57 bits per heavy atom. The van der Waals surface area contributed by atoms with Crippen LogP contribution in [0.5, 0.6) is 0 Å². The van der Waals surface area contributed by atoms with Crippen LogP contribution in [0.1, 0.15) is 27.2 Å². The molecule has 0 saturated carbocycles. The zero-order valence-electron chi connectivity index (χ0n) is 8.90. The summed E-state index contributed by atoms with van der Waals surface area (Å²) in [5.41, 5.74) is 0. The van der Waals surface area contributed by atoms with Crippen LogP contribution < -0.4 is 0 Å². The lowest BCUT2D eigenvalue weighted by Crippen LogP contribution is -2.54. The van der Waals surface area contributed by atoms with Gasteiger partial charge in [0, 0.05) is 22.9 Å². The van der Waals surface area contributed by atoms with Crippen molar-refractivity contribution in [3.63, 3.8) is 0 Å². The number of piperidine rings is 1. The minimum Gasteiger partial charge on any atom is -0.336 e. The minimum absolute atomic E-state index is 0.198. The summed E-state index contributed by atoms with van der Waals surface area (Å²) in [7, 11) is 0. The third-order valence-electron chi connectivity index (χ3n) is 3.07. The van der Waals surface area contributed by atoms with Crippen LogP contribution >= 0.6 is 35.2 Å². The Labute approximate surface area is 105 Å². The summed E-state index contributed by atoms with van der Waals surface area (Å²) in [6.45, 7) is 5.94. The lowest BCUT2D eigenvalue weighted by Gasteiger charge is -2.45. The minimum atomic E-state index is 0.198. The molecule has 0 bridgehead atoms. The summed E-state index contributed by atoms with van der Waals surface area (Å²) < 4.78 is 0.533.